The molecule has 4 aromatic rings. The van der Waals surface area contributed by atoms with Crippen molar-refractivity contribution in [1.82, 2.24) is 14.6 Å². The molecular formula is C24H23N3O2S. The molecule has 0 radical (unpaired) electrons. The maximum atomic E-state index is 12.8. The van der Waals surface area contributed by atoms with Crippen LogP contribution in [0.1, 0.15) is 43.1 Å². The van der Waals surface area contributed by atoms with Crippen LogP contribution in [0.4, 0.5) is 0 Å². The van der Waals surface area contributed by atoms with E-state index >= 15 is 0 Å². The number of benzene rings is 2. The highest BCUT2D eigenvalue weighted by atomic mass is 32.1. The number of nitrogens with zero attached hydrogens (tertiary/aromatic N) is 3. The monoisotopic (exact) mass is 417 g/mol. The quantitative estimate of drug-likeness (QED) is 0.398. The van der Waals surface area contributed by atoms with Gasteiger partial charge in [-0.25, -0.2) is 0 Å². The average Bonchev–Trinajstić information content (AvgIpc) is 3.30. The van der Waals surface area contributed by atoms with Crippen LogP contribution in [-0.2, 0) is 0 Å². The van der Waals surface area contributed by atoms with Gasteiger partial charge in [-0.3, -0.25) is 4.79 Å². The summed E-state index contributed by atoms with van der Waals surface area (Å²) in [6.45, 7) is 2.84. The van der Waals surface area contributed by atoms with Gasteiger partial charge in [0.25, 0.3) is 5.56 Å². The molecular weight excluding hydrogens is 394 g/mol. The zero-order chi connectivity index (χ0) is 20.8. The van der Waals surface area contributed by atoms with Crippen LogP contribution in [-0.4, -0.2) is 21.2 Å². The van der Waals surface area contributed by atoms with Crippen LogP contribution in [0.2, 0.25) is 0 Å². The Morgan fingerprint density at radius 2 is 1.83 bits per heavy atom. The minimum absolute atomic E-state index is 0.164. The SMILES string of the molecule is CCCCCOc1ccccc1/C=c1\sc2nc(/C=C/c3ccccc3)nn2c1=O. The first kappa shape index (κ1) is 20.0. The van der Waals surface area contributed by atoms with Gasteiger partial charge in [0.1, 0.15) is 5.75 Å². The fraction of sp³-hybridized carbons (Fsp3) is 0.208. The predicted octanol–water partition coefficient (Wildman–Crippen LogP) is 4.44. The molecule has 0 fully saturated rings. The van der Waals surface area contributed by atoms with Gasteiger partial charge in [-0.15, -0.1) is 5.10 Å². The van der Waals surface area contributed by atoms with E-state index in [9.17, 15) is 4.79 Å². The highest BCUT2D eigenvalue weighted by Crippen LogP contribution is 2.19. The van der Waals surface area contributed by atoms with Crippen LogP contribution >= 0.6 is 11.3 Å². The number of para-hydroxylation sites is 1. The number of fused-ring (bicyclic) bond motifs is 1. The molecule has 2 aromatic carbocycles. The topological polar surface area (TPSA) is 56.5 Å². The van der Waals surface area contributed by atoms with Gasteiger partial charge in [-0.1, -0.05) is 85.7 Å². The highest BCUT2D eigenvalue weighted by Gasteiger charge is 2.10. The summed E-state index contributed by atoms with van der Waals surface area (Å²) in [6, 6.07) is 17.7. The van der Waals surface area contributed by atoms with Crippen LogP contribution in [0.3, 0.4) is 0 Å². The number of unbranched alkanes of at least 4 members (excludes halogenated alkanes) is 2. The summed E-state index contributed by atoms with van der Waals surface area (Å²) in [5, 5.41) is 4.35. The first-order valence-electron chi connectivity index (χ1n) is 10.1. The third-order valence-corrected chi connectivity index (χ3v) is 5.59. The minimum Gasteiger partial charge on any atom is -0.493 e. The average molecular weight is 418 g/mol. The summed E-state index contributed by atoms with van der Waals surface area (Å²) in [5.41, 5.74) is 1.78. The summed E-state index contributed by atoms with van der Waals surface area (Å²) in [7, 11) is 0. The van der Waals surface area contributed by atoms with Crippen molar-refractivity contribution >= 4 is 34.5 Å². The molecule has 5 nitrogen and oxygen atoms in total. The van der Waals surface area contributed by atoms with Gasteiger partial charge < -0.3 is 4.74 Å². The molecule has 30 heavy (non-hydrogen) atoms. The molecule has 2 heterocycles. The molecule has 0 bridgehead atoms. The van der Waals surface area contributed by atoms with E-state index in [2.05, 4.69) is 17.0 Å². The normalized spacial score (nSPS) is 12.2. The highest BCUT2D eigenvalue weighted by molar-refractivity contribution is 7.15. The van der Waals surface area contributed by atoms with Crippen LogP contribution in [0.25, 0.3) is 23.2 Å². The number of thiazole rings is 1. The Morgan fingerprint density at radius 3 is 2.63 bits per heavy atom. The number of ether oxygens (including phenoxy) is 1. The van der Waals surface area contributed by atoms with Crippen molar-refractivity contribution in [2.45, 2.75) is 26.2 Å². The van der Waals surface area contributed by atoms with E-state index in [1.54, 1.807) is 0 Å². The van der Waals surface area contributed by atoms with Gasteiger partial charge in [0.15, 0.2) is 5.82 Å². The Labute approximate surface area is 179 Å². The lowest BCUT2D eigenvalue weighted by Crippen LogP contribution is -2.23. The molecule has 0 spiro atoms. The van der Waals surface area contributed by atoms with E-state index in [1.807, 2.05) is 72.8 Å². The Morgan fingerprint density at radius 1 is 1.03 bits per heavy atom. The van der Waals surface area contributed by atoms with E-state index < -0.39 is 0 Å². The van der Waals surface area contributed by atoms with E-state index in [4.69, 9.17) is 4.74 Å². The van der Waals surface area contributed by atoms with E-state index in [0.29, 0.717) is 21.9 Å². The van der Waals surface area contributed by atoms with E-state index in [0.717, 1.165) is 36.1 Å². The molecule has 152 valence electrons. The van der Waals surface area contributed by atoms with E-state index in [1.165, 1.54) is 15.9 Å². The third-order valence-electron chi connectivity index (χ3n) is 4.63. The first-order valence-corrected chi connectivity index (χ1v) is 10.9. The molecule has 0 saturated heterocycles. The molecule has 0 aliphatic carbocycles. The minimum atomic E-state index is -0.164. The molecule has 0 unspecified atom stereocenters. The second kappa shape index (κ2) is 9.50. The van der Waals surface area contributed by atoms with Gasteiger partial charge in [-0.2, -0.15) is 9.50 Å². The zero-order valence-corrected chi connectivity index (χ0v) is 17.6. The molecule has 2 aromatic heterocycles. The standard InChI is InChI=1S/C24H23N3O2S/c1-2-3-9-16-29-20-13-8-7-12-19(20)17-21-23(28)27-24(30-21)25-22(26-27)15-14-18-10-5-4-6-11-18/h4-8,10-15,17H,2-3,9,16H2,1H3/b15-14+,21-17-. The van der Waals surface area contributed by atoms with E-state index in [-0.39, 0.29) is 5.56 Å². The summed E-state index contributed by atoms with van der Waals surface area (Å²) < 4.78 is 7.88. The number of hydrogen-bond acceptors (Lipinski definition) is 5. The molecule has 0 aliphatic rings. The molecule has 0 amide bonds. The second-order valence-electron chi connectivity index (χ2n) is 6.92. The summed E-state index contributed by atoms with van der Waals surface area (Å²) in [6.07, 6.45) is 8.93. The molecule has 0 aliphatic heterocycles. The summed E-state index contributed by atoms with van der Waals surface area (Å²) in [4.78, 5) is 17.9. The number of hydrogen-bond donors (Lipinski definition) is 0. The molecule has 0 N–H and O–H groups in total. The summed E-state index contributed by atoms with van der Waals surface area (Å²) in [5.74, 6) is 1.31. The second-order valence-corrected chi connectivity index (χ2v) is 7.93. The van der Waals surface area contributed by atoms with Crippen LogP contribution in [0.5, 0.6) is 5.75 Å². The molecule has 0 atom stereocenters. The van der Waals surface area contributed by atoms with Gasteiger partial charge in [0.05, 0.1) is 11.1 Å². The largest absolute Gasteiger partial charge is 0.493 e. The van der Waals surface area contributed by atoms with Crippen molar-refractivity contribution < 1.29 is 4.74 Å². The lowest BCUT2D eigenvalue weighted by molar-refractivity contribution is 0.305. The van der Waals surface area contributed by atoms with Gasteiger partial charge in [-0.05, 0) is 30.2 Å². The Bertz CT molecular complexity index is 1260. The molecule has 6 heteroatoms. The predicted molar refractivity (Wildman–Crippen MR) is 123 cm³/mol. The van der Waals surface area contributed by atoms with Crippen molar-refractivity contribution in [2.75, 3.05) is 6.61 Å². The fourth-order valence-corrected chi connectivity index (χ4v) is 3.97. The Kier molecular flexibility index (Phi) is 6.35. The smallest absolute Gasteiger partial charge is 0.291 e. The maximum Gasteiger partial charge on any atom is 0.291 e. The van der Waals surface area contributed by atoms with Crippen LogP contribution in [0.15, 0.2) is 59.4 Å². The number of rotatable bonds is 8. The van der Waals surface area contributed by atoms with Crippen molar-refractivity contribution in [3.05, 3.63) is 86.4 Å². The Hall–Kier alpha value is -3.25. The Balaban J connectivity index is 1.59. The van der Waals surface area contributed by atoms with Crippen molar-refractivity contribution in [1.29, 1.82) is 0 Å². The lowest BCUT2D eigenvalue weighted by Gasteiger charge is -2.08. The van der Waals surface area contributed by atoms with Gasteiger partial charge in [0, 0.05) is 5.56 Å². The third kappa shape index (κ3) is 4.66. The number of aromatic nitrogens is 3. The maximum absolute atomic E-state index is 12.8. The van der Waals surface area contributed by atoms with Crippen molar-refractivity contribution in [3.8, 4) is 5.75 Å². The lowest BCUT2D eigenvalue weighted by atomic mass is 10.2. The van der Waals surface area contributed by atoms with Crippen molar-refractivity contribution in [2.24, 2.45) is 0 Å². The summed E-state index contributed by atoms with van der Waals surface area (Å²) >= 11 is 1.33. The molecule has 0 saturated carbocycles. The van der Waals surface area contributed by atoms with Crippen LogP contribution in [0, 0.1) is 0 Å². The van der Waals surface area contributed by atoms with Crippen molar-refractivity contribution in [3.63, 3.8) is 0 Å². The van der Waals surface area contributed by atoms with Gasteiger partial charge >= 0.3 is 0 Å². The van der Waals surface area contributed by atoms with Gasteiger partial charge in [0.2, 0.25) is 4.96 Å². The zero-order valence-electron chi connectivity index (χ0n) is 16.8. The molecule has 4 rings (SSSR count). The van der Waals surface area contributed by atoms with Crippen LogP contribution < -0.4 is 14.8 Å². The fourth-order valence-electron chi connectivity index (χ4n) is 3.06. The first-order chi connectivity index (χ1) is 14.7.